The molecule has 172 valence electrons. The zero-order valence-corrected chi connectivity index (χ0v) is 20.2. The fourth-order valence-corrected chi connectivity index (χ4v) is 5.78. The molecule has 0 radical (unpaired) electrons. The number of aromatic nitrogens is 2. The van der Waals surface area contributed by atoms with E-state index in [2.05, 4.69) is 40.3 Å². The zero-order chi connectivity index (χ0) is 21.6. The minimum Gasteiger partial charge on any atom is -0.360 e. The maximum atomic E-state index is 5.67. The molecule has 3 aliphatic rings. The lowest BCUT2D eigenvalue weighted by molar-refractivity contribution is 0.355. The largest absolute Gasteiger partial charge is 0.360 e. The molecule has 1 aliphatic carbocycles. The van der Waals surface area contributed by atoms with Crippen LogP contribution in [0.2, 0.25) is 0 Å². The Kier molecular flexibility index (Phi) is 7.86. The lowest BCUT2D eigenvalue weighted by atomic mass is 9.92. The average Bonchev–Trinajstić information content (AvgIpc) is 3.02. The molecule has 31 heavy (non-hydrogen) atoms. The fraction of sp³-hybridized carbons (Fsp3) is 0.792. The summed E-state index contributed by atoms with van der Waals surface area (Å²) in [6, 6.07) is 2.67. The molecule has 4 rings (SSSR count). The van der Waals surface area contributed by atoms with Crippen molar-refractivity contribution in [1.29, 1.82) is 0 Å². The predicted octanol–water partition coefficient (Wildman–Crippen LogP) is 4.96. The molecule has 0 spiro atoms. The van der Waals surface area contributed by atoms with E-state index >= 15 is 0 Å². The van der Waals surface area contributed by atoms with Crippen molar-refractivity contribution >= 4 is 34.9 Å². The first kappa shape index (κ1) is 22.6. The van der Waals surface area contributed by atoms with Crippen LogP contribution in [-0.2, 0) is 0 Å². The van der Waals surface area contributed by atoms with Gasteiger partial charge in [0.05, 0.1) is 0 Å². The van der Waals surface area contributed by atoms with E-state index in [1.807, 2.05) is 0 Å². The zero-order valence-electron chi connectivity index (χ0n) is 19.4. The predicted molar refractivity (Wildman–Crippen MR) is 134 cm³/mol. The molecule has 2 unspecified atom stereocenters. The number of anilines is 3. The SMILES string of the molecule is CC1CC(C)CN(c2cc(N3CCCCC3)nc(NC(=S)NC3CCCCCC3)n2)C1. The molecule has 0 bridgehead atoms. The van der Waals surface area contributed by atoms with Crippen LogP contribution < -0.4 is 20.4 Å². The summed E-state index contributed by atoms with van der Waals surface area (Å²) in [6.07, 6.45) is 12.7. The highest BCUT2D eigenvalue weighted by molar-refractivity contribution is 7.80. The number of hydrogen-bond donors (Lipinski definition) is 2. The molecule has 3 heterocycles. The fourth-order valence-electron chi connectivity index (χ4n) is 5.52. The molecule has 1 aromatic rings. The van der Waals surface area contributed by atoms with Crippen molar-refractivity contribution in [2.24, 2.45) is 11.8 Å². The summed E-state index contributed by atoms with van der Waals surface area (Å²) in [4.78, 5) is 14.7. The van der Waals surface area contributed by atoms with E-state index in [4.69, 9.17) is 22.2 Å². The van der Waals surface area contributed by atoms with Gasteiger partial charge in [-0.3, -0.25) is 0 Å². The van der Waals surface area contributed by atoms with Gasteiger partial charge in [-0.25, -0.2) is 0 Å². The topological polar surface area (TPSA) is 56.3 Å². The number of hydrogen-bond acceptors (Lipinski definition) is 5. The van der Waals surface area contributed by atoms with Crippen molar-refractivity contribution in [3.05, 3.63) is 6.07 Å². The Bertz CT molecular complexity index is 717. The molecule has 3 fully saturated rings. The average molecular weight is 445 g/mol. The van der Waals surface area contributed by atoms with E-state index in [-0.39, 0.29) is 0 Å². The van der Waals surface area contributed by atoms with E-state index in [9.17, 15) is 0 Å². The smallest absolute Gasteiger partial charge is 0.232 e. The molecule has 0 amide bonds. The standard InChI is InChI=1S/C24H40N6S/c1-18-14-19(2)17-30(16-18)22-15-21(29-12-8-5-9-13-29)26-23(27-22)28-24(31)25-20-10-6-3-4-7-11-20/h15,18-20H,3-14,16-17H2,1-2H3,(H2,25,26,27,28,31). The van der Waals surface area contributed by atoms with Gasteiger partial charge < -0.3 is 20.4 Å². The van der Waals surface area contributed by atoms with Crippen molar-refractivity contribution in [2.45, 2.75) is 84.1 Å². The Morgan fingerprint density at radius 3 is 2.10 bits per heavy atom. The van der Waals surface area contributed by atoms with Crippen LogP contribution in [0.25, 0.3) is 0 Å². The Balaban J connectivity index is 1.51. The third-order valence-corrected chi connectivity index (χ3v) is 7.21. The highest BCUT2D eigenvalue weighted by Crippen LogP contribution is 2.29. The Morgan fingerprint density at radius 2 is 1.45 bits per heavy atom. The van der Waals surface area contributed by atoms with Crippen LogP contribution in [0, 0.1) is 11.8 Å². The second-order valence-electron chi connectivity index (χ2n) is 10.1. The lowest BCUT2D eigenvalue weighted by Gasteiger charge is -2.36. The summed E-state index contributed by atoms with van der Waals surface area (Å²) < 4.78 is 0. The summed E-state index contributed by atoms with van der Waals surface area (Å²) in [6.45, 7) is 8.97. The van der Waals surface area contributed by atoms with Crippen molar-refractivity contribution in [2.75, 3.05) is 41.3 Å². The molecular formula is C24H40N6S. The normalized spacial score (nSPS) is 25.7. The highest BCUT2D eigenvalue weighted by atomic mass is 32.1. The summed E-state index contributed by atoms with van der Waals surface area (Å²) in [5.41, 5.74) is 0. The van der Waals surface area contributed by atoms with Crippen LogP contribution >= 0.6 is 12.2 Å². The molecule has 7 heteroatoms. The van der Waals surface area contributed by atoms with E-state index < -0.39 is 0 Å². The van der Waals surface area contributed by atoms with Crippen LogP contribution in [0.15, 0.2) is 6.07 Å². The van der Waals surface area contributed by atoms with Crippen molar-refractivity contribution in [3.8, 4) is 0 Å². The van der Waals surface area contributed by atoms with E-state index in [0.717, 1.165) is 37.8 Å². The maximum absolute atomic E-state index is 5.67. The summed E-state index contributed by atoms with van der Waals surface area (Å²) in [5.74, 6) is 4.08. The van der Waals surface area contributed by atoms with E-state index in [1.165, 1.54) is 64.2 Å². The lowest BCUT2D eigenvalue weighted by Crippen LogP contribution is -2.40. The van der Waals surface area contributed by atoms with Crippen LogP contribution in [0.1, 0.15) is 78.1 Å². The Hall–Kier alpha value is -1.63. The summed E-state index contributed by atoms with van der Waals surface area (Å²) >= 11 is 5.67. The number of nitrogens with one attached hydrogen (secondary N) is 2. The molecule has 1 aromatic heterocycles. The van der Waals surface area contributed by atoms with Crippen LogP contribution in [0.3, 0.4) is 0 Å². The minimum absolute atomic E-state index is 0.469. The van der Waals surface area contributed by atoms with E-state index in [1.54, 1.807) is 0 Å². The van der Waals surface area contributed by atoms with Crippen molar-refractivity contribution < 1.29 is 0 Å². The van der Waals surface area contributed by atoms with Gasteiger partial charge in [0.15, 0.2) is 5.11 Å². The van der Waals surface area contributed by atoms with Crippen LogP contribution in [-0.4, -0.2) is 47.3 Å². The van der Waals surface area contributed by atoms with Crippen molar-refractivity contribution in [3.63, 3.8) is 0 Å². The Labute approximate surface area is 193 Å². The van der Waals surface area contributed by atoms with Gasteiger partial charge in [0.1, 0.15) is 11.6 Å². The van der Waals surface area contributed by atoms with Gasteiger partial charge in [-0.1, -0.05) is 39.5 Å². The van der Waals surface area contributed by atoms with E-state index in [0.29, 0.717) is 28.9 Å². The molecule has 2 N–H and O–H groups in total. The Morgan fingerprint density at radius 1 is 0.871 bits per heavy atom. The van der Waals surface area contributed by atoms with Gasteiger partial charge in [-0.2, -0.15) is 9.97 Å². The van der Waals surface area contributed by atoms with Crippen LogP contribution in [0.4, 0.5) is 17.6 Å². The third kappa shape index (κ3) is 6.43. The molecule has 2 aliphatic heterocycles. The third-order valence-electron chi connectivity index (χ3n) is 6.99. The molecule has 0 aromatic carbocycles. The number of piperidine rings is 2. The summed E-state index contributed by atoms with van der Waals surface area (Å²) in [7, 11) is 0. The maximum Gasteiger partial charge on any atom is 0.232 e. The molecule has 2 atom stereocenters. The number of rotatable bonds is 4. The van der Waals surface area contributed by atoms with Crippen molar-refractivity contribution in [1.82, 2.24) is 15.3 Å². The highest BCUT2D eigenvalue weighted by Gasteiger charge is 2.25. The van der Waals surface area contributed by atoms with Gasteiger partial charge in [0.2, 0.25) is 5.95 Å². The quantitative estimate of drug-likeness (QED) is 0.503. The number of nitrogens with zero attached hydrogens (tertiary/aromatic N) is 4. The van der Waals surface area contributed by atoms with Gasteiger partial charge in [-0.15, -0.1) is 0 Å². The van der Waals surface area contributed by atoms with Gasteiger partial charge in [0, 0.05) is 38.3 Å². The monoisotopic (exact) mass is 444 g/mol. The summed E-state index contributed by atoms with van der Waals surface area (Å²) in [5, 5.41) is 7.53. The van der Waals surface area contributed by atoms with Gasteiger partial charge in [0.25, 0.3) is 0 Å². The molecule has 1 saturated carbocycles. The molecular weight excluding hydrogens is 404 g/mol. The molecule has 2 saturated heterocycles. The second kappa shape index (κ2) is 10.8. The molecule has 6 nitrogen and oxygen atoms in total. The first-order valence-electron chi connectivity index (χ1n) is 12.5. The first-order chi connectivity index (χ1) is 15.1. The van der Waals surface area contributed by atoms with Gasteiger partial charge >= 0.3 is 0 Å². The first-order valence-corrected chi connectivity index (χ1v) is 12.9. The minimum atomic E-state index is 0.469. The second-order valence-corrected chi connectivity index (χ2v) is 10.5. The van der Waals surface area contributed by atoms with Gasteiger partial charge in [-0.05, 0) is 62.6 Å². The van der Waals surface area contributed by atoms with Crippen LogP contribution in [0.5, 0.6) is 0 Å². The number of thiocarbonyl (C=S) groups is 1.